The minimum absolute atomic E-state index is 0.00945. The van der Waals surface area contributed by atoms with Gasteiger partial charge in [-0.25, -0.2) is 14.7 Å². The molecular weight excluding hydrogens is 396 g/mol. The van der Waals surface area contributed by atoms with Crippen LogP contribution in [0.1, 0.15) is 12.5 Å². The Morgan fingerprint density at radius 2 is 1.81 bits per heavy atom. The second kappa shape index (κ2) is 10.9. The second-order valence-electron chi connectivity index (χ2n) is 6.79. The Bertz CT molecular complexity index is 968. The van der Waals surface area contributed by atoms with Crippen LogP contribution in [0.15, 0.2) is 61.1 Å². The lowest BCUT2D eigenvalue weighted by Crippen LogP contribution is -2.37. The fourth-order valence-electron chi connectivity index (χ4n) is 2.90. The van der Waals surface area contributed by atoms with E-state index in [9.17, 15) is 4.79 Å². The third kappa shape index (κ3) is 6.13. The molecule has 0 radical (unpaired) electrons. The van der Waals surface area contributed by atoms with Crippen molar-refractivity contribution in [2.75, 3.05) is 31.0 Å². The number of nitrogens with one attached hydrogen (secondary N) is 2. The first-order chi connectivity index (χ1) is 15.1. The molecule has 162 valence electrons. The van der Waals surface area contributed by atoms with Crippen LogP contribution in [0.3, 0.4) is 0 Å². The van der Waals surface area contributed by atoms with E-state index in [2.05, 4.69) is 25.6 Å². The van der Waals surface area contributed by atoms with Crippen molar-refractivity contribution in [3.8, 4) is 5.75 Å². The first-order valence-electron chi connectivity index (χ1n) is 9.80. The number of nitrogens with zero attached hydrogens (tertiary/aromatic N) is 4. The quantitative estimate of drug-likeness (QED) is 0.545. The molecule has 0 aliphatic heterocycles. The van der Waals surface area contributed by atoms with Crippen LogP contribution in [0.25, 0.3) is 0 Å². The van der Waals surface area contributed by atoms with Crippen LogP contribution < -0.4 is 20.3 Å². The Morgan fingerprint density at radius 3 is 2.48 bits per heavy atom. The number of ether oxygens (including phenoxy) is 2. The summed E-state index contributed by atoms with van der Waals surface area (Å²) in [5, 5.41) is 6.10. The predicted octanol–water partition coefficient (Wildman–Crippen LogP) is 3.37. The smallest absolute Gasteiger partial charge is 0.327 e. The maximum Gasteiger partial charge on any atom is 0.327 e. The molecule has 31 heavy (non-hydrogen) atoms. The lowest BCUT2D eigenvalue weighted by molar-refractivity contribution is 0.190. The fourth-order valence-corrected chi connectivity index (χ4v) is 2.90. The molecule has 9 heteroatoms. The third-order valence-corrected chi connectivity index (χ3v) is 4.39. The Labute approximate surface area is 181 Å². The Balaban J connectivity index is 1.87. The fraction of sp³-hybridized carbons (Fsp3) is 0.273. The van der Waals surface area contributed by atoms with Crippen LogP contribution in [0, 0.1) is 0 Å². The summed E-state index contributed by atoms with van der Waals surface area (Å²) in [6.45, 7) is 2.82. The number of carbonyl (C=O) groups excluding carboxylic acids is 1. The van der Waals surface area contributed by atoms with E-state index in [1.165, 1.54) is 4.90 Å². The van der Waals surface area contributed by atoms with Gasteiger partial charge in [-0.2, -0.15) is 4.98 Å². The van der Waals surface area contributed by atoms with Crippen molar-refractivity contribution in [3.63, 3.8) is 0 Å². The predicted molar refractivity (Wildman–Crippen MR) is 119 cm³/mol. The molecule has 9 nitrogen and oxygen atoms in total. The molecule has 0 spiro atoms. The number of rotatable bonds is 9. The van der Waals surface area contributed by atoms with Crippen LogP contribution in [0.2, 0.25) is 0 Å². The van der Waals surface area contributed by atoms with Crippen LogP contribution in [-0.2, 0) is 11.3 Å². The Kier molecular flexibility index (Phi) is 7.72. The van der Waals surface area contributed by atoms with Crippen LogP contribution in [-0.4, -0.2) is 47.9 Å². The molecule has 2 aromatic heterocycles. The zero-order chi connectivity index (χ0) is 22.1. The van der Waals surface area contributed by atoms with Gasteiger partial charge < -0.3 is 20.1 Å². The van der Waals surface area contributed by atoms with E-state index in [1.54, 1.807) is 63.1 Å². The van der Waals surface area contributed by atoms with Crippen molar-refractivity contribution < 1.29 is 14.3 Å². The minimum Gasteiger partial charge on any atom is -0.497 e. The van der Waals surface area contributed by atoms with Crippen molar-refractivity contribution in [3.05, 3.63) is 66.6 Å². The number of hydrogen-bond acceptors (Lipinski definition) is 7. The highest BCUT2D eigenvalue weighted by atomic mass is 16.5. The molecule has 0 aliphatic carbocycles. The lowest BCUT2D eigenvalue weighted by Gasteiger charge is -2.23. The average Bonchev–Trinajstić information content (AvgIpc) is 2.79. The number of anilines is 3. The van der Waals surface area contributed by atoms with Crippen molar-refractivity contribution >= 4 is 23.5 Å². The molecular formula is C22H26N6O3. The first kappa shape index (κ1) is 22.0. The third-order valence-electron chi connectivity index (χ3n) is 4.39. The molecule has 2 amide bonds. The number of benzene rings is 1. The number of carbonyl (C=O) groups is 1. The van der Waals surface area contributed by atoms with Gasteiger partial charge in [0.15, 0.2) is 0 Å². The van der Waals surface area contributed by atoms with Gasteiger partial charge in [0, 0.05) is 44.4 Å². The summed E-state index contributed by atoms with van der Waals surface area (Å²) in [5.41, 5.74) is 1.58. The van der Waals surface area contributed by atoms with Gasteiger partial charge in [-0.3, -0.25) is 4.98 Å². The van der Waals surface area contributed by atoms with Gasteiger partial charge in [0.05, 0.1) is 19.4 Å². The van der Waals surface area contributed by atoms with E-state index in [0.717, 1.165) is 5.56 Å². The first-order valence-corrected chi connectivity index (χ1v) is 9.80. The van der Waals surface area contributed by atoms with Gasteiger partial charge in [-0.15, -0.1) is 0 Å². The van der Waals surface area contributed by atoms with Gasteiger partial charge in [0.2, 0.25) is 5.95 Å². The maximum atomic E-state index is 13.2. The highest BCUT2D eigenvalue weighted by molar-refractivity contribution is 5.98. The highest BCUT2D eigenvalue weighted by Gasteiger charge is 2.20. The topological polar surface area (TPSA) is 102 Å². The molecule has 3 rings (SSSR count). The van der Waals surface area contributed by atoms with E-state index >= 15 is 0 Å². The largest absolute Gasteiger partial charge is 0.497 e. The molecule has 1 atom stereocenters. The van der Waals surface area contributed by atoms with E-state index in [4.69, 9.17) is 9.47 Å². The molecule has 0 saturated heterocycles. The number of urea groups is 1. The van der Waals surface area contributed by atoms with Gasteiger partial charge in [-0.1, -0.05) is 0 Å². The van der Waals surface area contributed by atoms with Crippen LogP contribution in [0.5, 0.6) is 5.75 Å². The standard InChI is InChI=1S/C22H26N6O3/c1-16(15-30-2)26-21-24-13-10-20(27-21)28(18-4-6-19(31-3)7-5-18)22(29)25-14-17-8-11-23-12-9-17/h4-13,16H,14-15H2,1-3H3,(H,25,29)(H,24,26,27). The summed E-state index contributed by atoms with van der Waals surface area (Å²) in [6.07, 6.45) is 4.98. The minimum atomic E-state index is -0.323. The van der Waals surface area contributed by atoms with E-state index in [0.29, 0.717) is 36.4 Å². The molecule has 2 N–H and O–H groups in total. The van der Waals surface area contributed by atoms with Gasteiger partial charge in [-0.05, 0) is 48.9 Å². The summed E-state index contributed by atoms with van der Waals surface area (Å²) in [6, 6.07) is 12.2. The summed E-state index contributed by atoms with van der Waals surface area (Å²) in [4.78, 5) is 27.5. The summed E-state index contributed by atoms with van der Waals surface area (Å²) in [7, 11) is 3.23. The molecule has 2 heterocycles. The summed E-state index contributed by atoms with van der Waals surface area (Å²) in [5.74, 6) is 1.53. The number of amides is 2. The van der Waals surface area contributed by atoms with E-state index in [1.807, 2.05) is 19.1 Å². The molecule has 1 aromatic carbocycles. The zero-order valence-electron chi connectivity index (χ0n) is 17.8. The molecule has 0 saturated carbocycles. The summed E-state index contributed by atoms with van der Waals surface area (Å²) < 4.78 is 10.4. The van der Waals surface area contributed by atoms with Crippen molar-refractivity contribution in [1.82, 2.24) is 20.3 Å². The molecule has 0 fully saturated rings. The normalized spacial score (nSPS) is 11.5. The Hall–Kier alpha value is -3.72. The van der Waals surface area contributed by atoms with Crippen LogP contribution in [0.4, 0.5) is 22.2 Å². The van der Waals surface area contributed by atoms with E-state index < -0.39 is 0 Å². The van der Waals surface area contributed by atoms with Gasteiger partial charge >= 0.3 is 6.03 Å². The monoisotopic (exact) mass is 422 g/mol. The second-order valence-corrected chi connectivity index (χ2v) is 6.79. The lowest BCUT2D eigenvalue weighted by atomic mass is 10.2. The van der Waals surface area contributed by atoms with Crippen molar-refractivity contribution in [2.24, 2.45) is 0 Å². The number of methoxy groups -OCH3 is 2. The SMILES string of the molecule is COCC(C)Nc1nccc(N(C(=O)NCc2ccncc2)c2ccc(OC)cc2)n1. The molecule has 0 bridgehead atoms. The van der Waals surface area contributed by atoms with Crippen LogP contribution >= 0.6 is 0 Å². The molecule has 3 aromatic rings. The number of aromatic nitrogens is 3. The zero-order valence-corrected chi connectivity index (χ0v) is 17.8. The van der Waals surface area contributed by atoms with Crippen molar-refractivity contribution in [2.45, 2.75) is 19.5 Å². The van der Waals surface area contributed by atoms with E-state index in [-0.39, 0.29) is 12.1 Å². The average molecular weight is 422 g/mol. The molecule has 0 aliphatic rings. The summed E-state index contributed by atoms with van der Waals surface area (Å²) >= 11 is 0. The molecule has 1 unspecified atom stereocenters. The van der Waals surface area contributed by atoms with Crippen molar-refractivity contribution in [1.29, 1.82) is 0 Å². The van der Waals surface area contributed by atoms with Gasteiger partial charge in [0.1, 0.15) is 11.6 Å². The van der Waals surface area contributed by atoms with Gasteiger partial charge in [0.25, 0.3) is 0 Å². The maximum absolute atomic E-state index is 13.2. The highest BCUT2D eigenvalue weighted by Crippen LogP contribution is 2.26. The number of hydrogen-bond donors (Lipinski definition) is 2. The Morgan fingerprint density at radius 1 is 1.06 bits per heavy atom. The number of pyridine rings is 1.